The Morgan fingerprint density at radius 1 is 1.24 bits per heavy atom. The maximum atomic E-state index is 10.5. The van der Waals surface area contributed by atoms with Gasteiger partial charge >= 0.3 is 0 Å². The third-order valence-corrected chi connectivity index (χ3v) is 4.06. The van der Waals surface area contributed by atoms with Crippen molar-refractivity contribution < 1.29 is 5.11 Å². The van der Waals surface area contributed by atoms with Crippen LogP contribution < -0.4 is 0 Å². The number of rotatable bonds is 2. The minimum atomic E-state index is -0.339. The lowest BCUT2D eigenvalue weighted by Crippen LogP contribution is -2.25. The zero-order chi connectivity index (χ0) is 12.4. The average molecular weight is 233 g/mol. The molecule has 2 rings (SSSR count). The minimum Gasteiger partial charge on any atom is -0.388 e. The van der Waals surface area contributed by atoms with Crippen LogP contribution >= 0.6 is 0 Å². The second-order valence-corrected chi connectivity index (χ2v) is 5.85. The van der Waals surface area contributed by atoms with Crippen molar-refractivity contribution in [3.05, 3.63) is 29.6 Å². The predicted molar refractivity (Wildman–Crippen MR) is 69.6 cm³/mol. The molecular weight excluding hydrogens is 210 g/mol. The summed E-state index contributed by atoms with van der Waals surface area (Å²) in [5.74, 6) is 1.86. The molecule has 1 aromatic heterocycles. The van der Waals surface area contributed by atoms with Gasteiger partial charge in [0, 0.05) is 18.0 Å². The Morgan fingerprint density at radius 2 is 1.88 bits per heavy atom. The lowest BCUT2D eigenvalue weighted by molar-refractivity contribution is 0.0545. The molecule has 0 spiro atoms. The molecule has 0 amide bonds. The summed E-state index contributed by atoms with van der Waals surface area (Å²) in [5.41, 5.74) is 2.16. The van der Waals surface area contributed by atoms with Crippen molar-refractivity contribution in [1.29, 1.82) is 0 Å². The van der Waals surface area contributed by atoms with Crippen molar-refractivity contribution in [3.8, 4) is 0 Å². The number of aliphatic hydroxyl groups excluding tert-OH is 1. The SMILES string of the molecule is Cc1ccncc1C(O)C1CC(C)CC(C)C1. The molecule has 3 unspecified atom stereocenters. The normalized spacial score (nSPS) is 31.2. The molecule has 94 valence electrons. The van der Waals surface area contributed by atoms with Crippen LogP contribution in [-0.2, 0) is 0 Å². The molecule has 1 saturated carbocycles. The van der Waals surface area contributed by atoms with Gasteiger partial charge in [0.2, 0.25) is 0 Å². The first-order valence-corrected chi connectivity index (χ1v) is 6.66. The van der Waals surface area contributed by atoms with Gasteiger partial charge < -0.3 is 5.11 Å². The summed E-state index contributed by atoms with van der Waals surface area (Å²) in [7, 11) is 0. The van der Waals surface area contributed by atoms with Crippen LogP contribution in [0.2, 0.25) is 0 Å². The molecule has 1 aromatic rings. The molecule has 3 atom stereocenters. The number of nitrogens with zero attached hydrogens (tertiary/aromatic N) is 1. The van der Waals surface area contributed by atoms with E-state index in [-0.39, 0.29) is 6.10 Å². The first kappa shape index (κ1) is 12.6. The van der Waals surface area contributed by atoms with Gasteiger partial charge in [0.1, 0.15) is 0 Å². The Hall–Kier alpha value is -0.890. The molecule has 1 heterocycles. The lowest BCUT2D eigenvalue weighted by Gasteiger charge is -2.34. The van der Waals surface area contributed by atoms with Gasteiger partial charge in [-0.2, -0.15) is 0 Å². The van der Waals surface area contributed by atoms with Crippen molar-refractivity contribution in [3.63, 3.8) is 0 Å². The molecule has 0 aliphatic heterocycles. The van der Waals surface area contributed by atoms with Gasteiger partial charge in [0.15, 0.2) is 0 Å². The molecule has 0 radical (unpaired) electrons. The maximum Gasteiger partial charge on any atom is 0.0835 e. The molecular formula is C15H23NO. The summed E-state index contributed by atoms with van der Waals surface area (Å²) < 4.78 is 0. The average Bonchev–Trinajstić information content (AvgIpc) is 2.27. The van der Waals surface area contributed by atoms with Crippen molar-refractivity contribution in [2.75, 3.05) is 0 Å². The molecule has 1 aliphatic carbocycles. The summed E-state index contributed by atoms with van der Waals surface area (Å²) in [5, 5.41) is 10.5. The van der Waals surface area contributed by atoms with E-state index in [1.807, 2.05) is 12.3 Å². The number of hydrogen-bond donors (Lipinski definition) is 1. The van der Waals surface area contributed by atoms with E-state index in [4.69, 9.17) is 0 Å². The van der Waals surface area contributed by atoms with Gasteiger partial charge in [-0.05, 0) is 55.6 Å². The Bertz CT molecular complexity index is 367. The van der Waals surface area contributed by atoms with E-state index in [1.54, 1.807) is 6.20 Å². The highest BCUT2D eigenvalue weighted by Crippen LogP contribution is 2.40. The largest absolute Gasteiger partial charge is 0.388 e. The molecule has 0 aromatic carbocycles. The first-order valence-electron chi connectivity index (χ1n) is 6.66. The van der Waals surface area contributed by atoms with E-state index in [2.05, 4.69) is 25.8 Å². The fraction of sp³-hybridized carbons (Fsp3) is 0.667. The molecule has 1 aliphatic rings. The number of hydrogen-bond acceptors (Lipinski definition) is 2. The van der Waals surface area contributed by atoms with Gasteiger partial charge in [-0.15, -0.1) is 0 Å². The Morgan fingerprint density at radius 3 is 2.47 bits per heavy atom. The third-order valence-electron chi connectivity index (χ3n) is 4.06. The van der Waals surface area contributed by atoms with Gasteiger partial charge in [0.05, 0.1) is 6.10 Å². The van der Waals surface area contributed by atoms with Crippen LogP contribution in [0.15, 0.2) is 18.5 Å². The molecule has 1 N–H and O–H groups in total. The van der Waals surface area contributed by atoms with Crippen LogP contribution in [0.4, 0.5) is 0 Å². The highest BCUT2D eigenvalue weighted by Gasteiger charge is 2.30. The quantitative estimate of drug-likeness (QED) is 0.848. The highest BCUT2D eigenvalue weighted by atomic mass is 16.3. The smallest absolute Gasteiger partial charge is 0.0835 e. The maximum absolute atomic E-state index is 10.5. The monoisotopic (exact) mass is 233 g/mol. The molecule has 17 heavy (non-hydrogen) atoms. The van der Waals surface area contributed by atoms with Crippen molar-refractivity contribution in [1.82, 2.24) is 4.98 Å². The highest BCUT2D eigenvalue weighted by molar-refractivity contribution is 5.24. The van der Waals surface area contributed by atoms with Gasteiger partial charge in [-0.3, -0.25) is 4.98 Å². The summed E-state index contributed by atoms with van der Waals surface area (Å²) in [6.45, 7) is 6.65. The number of aliphatic hydroxyl groups is 1. The summed E-state index contributed by atoms with van der Waals surface area (Å²) in [6, 6.07) is 1.98. The summed E-state index contributed by atoms with van der Waals surface area (Å²) in [6.07, 6.45) is 6.85. The van der Waals surface area contributed by atoms with E-state index in [0.717, 1.165) is 35.8 Å². The Labute approximate surface area is 104 Å². The first-order chi connectivity index (χ1) is 8.08. The van der Waals surface area contributed by atoms with Crippen LogP contribution in [0.3, 0.4) is 0 Å². The lowest BCUT2D eigenvalue weighted by atomic mass is 9.73. The topological polar surface area (TPSA) is 33.1 Å². The standard InChI is InChI=1S/C15H23NO/c1-10-6-11(2)8-13(7-10)15(17)14-9-16-5-4-12(14)3/h4-5,9-11,13,15,17H,6-8H2,1-3H3. The number of aryl methyl sites for hydroxylation is 1. The van der Waals surface area contributed by atoms with Gasteiger partial charge in [-0.1, -0.05) is 13.8 Å². The van der Waals surface area contributed by atoms with E-state index in [0.29, 0.717) is 5.92 Å². The molecule has 0 bridgehead atoms. The Balaban J connectivity index is 2.14. The van der Waals surface area contributed by atoms with E-state index >= 15 is 0 Å². The van der Waals surface area contributed by atoms with Crippen LogP contribution in [0, 0.1) is 24.7 Å². The second-order valence-electron chi connectivity index (χ2n) is 5.85. The van der Waals surface area contributed by atoms with E-state index < -0.39 is 0 Å². The Kier molecular flexibility index (Phi) is 3.82. The van der Waals surface area contributed by atoms with Crippen molar-refractivity contribution in [2.45, 2.75) is 46.1 Å². The van der Waals surface area contributed by atoms with Crippen LogP contribution in [0.1, 0.15) is 50.3 Å². The van der Waals surface area contributed by atoms with Gasteiger partial charge in [-0.25, -0.2) is 0 Å². The zero-order valence-electron chi connectivity index (χ0n) is 11.1. The molecule has 2 nitrogen and oxygen atoms in total. The zero-order valence-corrected chi connectivity index (χ0v) is 11.1. The third kappa shape index (κ3) is 2.86. The minimum absolute atomic E-state index is 0.339. The summed E-state index contributed by atoms with van der Waals surface area (Å²) in [4.78, 5) is 4.14. The second kappa shape index (κ2) is 5.18. The summed E-state index contributed by atoms with van der Waals surface area (Å²) >= 11 is 0. The van der Waals surface area contributed by atoms with Crippen LogP contribution in [0.25, 0.3) is 0 Å². The predicted octanol–water partition coefficient (Wildman–Crippen LogP) is 3.50. The van der Waals surface area contributed by atoms with Crippen molar-refractivity contribution >= 4 is 0 Å². The molecule has 0 saturated heterocycles. The van der Waals surface area contributed by atoms with Crippen LogP contribution in [0.5, 0.6) is 0 Å². The molecule has 2 heteroatoms. The number of aromatic nitrogens is 1. The fourth-order valence-electron chi connectivity index (χ4n) is 3.31. The molecule has 1 fully saturated rings. The van der Waals surface area contributed by atoms with E-state index in [9.17, 15) is 5.11 Å². The number of pyridine rings is 1. The van der Waals surface area contributed by atoms with Gasteiger partial charge in [0.25, 0.3) is 0 Å². The fourth-order valence-corrected chi connectivity index (χ4v) is 3.31. The van der Waals surface area contributed by atoms with E-state index in [1.165, 1.54) is 6.42 Å². The van der Waals surface area contributed by atoms with Crippen molar-refractivity contribution in [2.24, 2.45) is 17.8 Å². The van der Waals surface area contributed by atoms with Crippen LogP contribution in [-0.4, -0.2) is 10.1 Å².